The summed E-state index contributed by atoms with van der Waals surface area (Å²) in [5.74, 6) is 1.89. The van der Waals surface area contributed by atoms with Crippen LogP contribution < -0.4 is 5.32 Å². The van der Waals surface area contributed by atoms with E-state index in [0.717, 1.165) is 18.8 Å². The summed E-state index contributed by atoms with van der Waals surface area (Å²) in [6, 6.07) is 2.25. The van der Waals surface area contributed by atoms with Crippen LogP contribution in [0.4, 0.5) is 0 Å². The number of piperidine rings is 1. The number of aromatic amines is 1. The number of rotatable bonds is 2. The number of H-pyrrole nitrogens is 1. The van der Waals surface area contributed by atoms with Crippen molar-refractivity contribution in [1.29, 1.82) is 0 Å². The zero-order chi connectivity index (χ0) is 10.8. The van der Waals surface area contributed by atoms with Gasteiger partial charge in [-0.05, 0) is 38.4 Å². The highest BCUT2D eigenvalue weighted by Crippen LogP contribution is 2.34. The molecule has 3 rings (SSSR count). The Bertz CT molecular complexity index is 391. The van der Waals surface area contributed by atoms with E-state index in [-0.39, 0.29) is 0 Å². The third-order valence-electron chi connectivity index (χ3n) is 3.33. The highest BCUT2D eigenvalue weighted by Gasteiger charge is 2.19. The smallest absolute Gasteiger partial charge is 0.0983 e. The first kappa shape index (κ1) is 10.4. The van der Waals surface area contributed by atoms with Gasteiger partial charge in [0.05, 0.1) is 5.69 Å². The van der Waals surface area contributed by atoms with Crippen molar-refractivity contribution in [3.05, 3.63) is 23.5 Å². The second-order valence-corrected chi connectivity index (χ2v) is 5.58. The van der Waals surface area contributed by atoms with Crippen LogP contribution >= 0.6 is 11.8 Å². The monoisotopic (exact) mass is 235 g/mol. The molecule has 0 radical (unpaired) electrons. The van der Waals surface area contributed by atoms with Gasteiger partial charge in [0.25, 0.3) is 0 Å². The van der Waals surface area contributed by atoms with Crippen LogP contribution in [0.3, 0.4) is 0 Å². The summed E-state index contributed by atoms with van der Waals surface area (Å²) in [5, 5.41) is 11.1. The summed E-state index contributed by atoms with van der Waals surface area (Å²) < 4.78 is 0. The molecule has 86 valence electrons. The van der Waals surface area contributed by atoms with Gasteiger partial charge in [-0.15, -0.1) is 11.8 Å². The quantitative estimate of drug-likeness (QED) is 0.826. The van der Waals surface area contributed by atoms with E-state index < -0.39 is 0 Å². The molecule has 3 heterocycles. The molecule has 1 aromatic rings. The molecule has 1 fully saturated rings. The van der Waals surface area contributed by atoms with Gasteiger partial charge in [0, 0.05) is 22.3 Å². The SMILES string of the molecule is C1=C(c2cc(C3CCNCC3)[nH]n2)SCC1. The lowest BCUT2D eigenvalue weighted by Crippen LogP contribution is -2.26. The largest absolute Gasteiger partial charge is 0.317 e. The lowest BCUT2D eigenvalue weighted by molar-refractivity contribution is 0.453. The molecule has 1 saturated heterocycles. The first-order valence-corrected chi connectivity index (χ1v) is 7.01. The fourth-order valence-corrected chi connectivity index (χ4v) is 3.35. The van der Waals surface area contributed by atoms with Crippen molar-refractivity contribution in [1.82, 2.24) is 15.5 Å². The van der Waals surface area contributed by atoms with E-state index in [0.29, 0.717) is 5.92 Å². The first-order valence-electron chi connectivity index (χ1n) is 6.03. The molecule has 0 unspecified atom stereocenters. The molecule has 0 amide bonds. The highest BCUT2D eigenvalue weighted by molar-refractivity contribution is 8.08. The van der Waals surface area contributed by atoms with Gasteiger partial charge in [0.1, 0.15) is 0 Å². The molecule has 0 bridgehead atoms. The maximum Gasteiger partial charge on any atom is 0.0983 e. The Morgan fingerprint density at radius 1 is 1.31 bits per heavy atom. The molecule has 0 saturated carbocycles. The van der Waals surface area contributed by atoms with Crippen LogP contribution in [0.1, 0.15) is 36.6 Å². The minimum absolute atomic E-state index is 0.675. The van der Waals surface area contributed by atoms with Crippen molar-refractivity contribution in [2.24, 2.45) is 0 Å². The molecular formula is C12H17N3S. The fraction of sp³-hybridized carbons (Fsp3) is 0.583. The molecule has 16 heavy (non-hydrogen) atoms. The number of hydrogen-bond donors (Lipinski definition) is 2. The van der Waals surface area contributed by atoms with Crippen LogP contribution in [0.25, 0.3) is 4.91 Å². The van der Waals surface area contributed by atoms with Gasteiger partial charge in [-0.25, -0.2) is 0 Å². The van der Waals surface area contributed by atoms with Crippen LogP contribution in [-0.4, -0.2) is 29.0 Å². The predicted octanol–water partition coefficient (Wildman–Crippen LogP) is 2.35. The van der Waals surface area contributed by atoms with E-state index in [1.165, 1.54) is 35.6 Å². The fourth-order valence-electron chi connectivity index (χ4n) is 2.40. The van der Waals surface area contributed by atoms with Crippen molar-refractivity contribution in [3.63, 3.8) is 0 Å². The third-order valence-corrected chi connectivity index (χ3v) is 4.46. The van der Waals surface area contributed by atoms with Crippen LogP contribution in [0.15, 0.2) is 12.1 Å². The van der Waals surface area contributed by atoms with Crippen LogP contribution in [-0.2, 0) is 0 Å². The summed E-state index contributed by atoms with van der Waals surface area (Å²) in [4.78, 5) is 1.36. The number of allylic oxidation sites excluding steroid dienone is 1. The van der Waals surface area contributed by atoms with Crippen molar-refractivity contribution in [3.8, 4) is 0 Å². The second-order valence-electron chi connectivity index (χ2n) is 4.44. The zero-order valence-corrected chi connectivity index (χ0v) is 10.1. The molecular weight excluding hydrogens is 218 g/mol. The average Bonchev–Trinajstić information content (AvgIpc) is 3.01. The Morgan fingerprint density at radius 2 is 2.19 bits per heavy atom. The van der Waals surface area contributed by atoms with E-state index >= 15 is 0 Å². The van der Waals surface area contributed by atoms with Gasteiger partial charge in [0.2, 0.25) is 0 Å². The Balaban J connectivity index is 1.76. The number of aromatic nitrogens is 2. The summed E-state index contributed by atoms with van der Waals surface area (Å²) in [6.07, 6.45) is 5.95. The molecule has 2 N–H and O–H groups in total. The van der Waals surface area contributed by atoms with Gasteiger partial charge < -0.3 is 5.32 Å². The van der Waals surface area contributed by atoms with Crippen molar-refractivity contribution < 1.29 is 0 Å². The van der Waals surface area contributed by atoms with Crippen molar-refractivity contribution >= 4 is 16.7 Å². The number of nitrogens with one attached hydrogen (secondary N) is 2. The maximum absolute atomic E-state index is 4.44. The van der Waals surface area contributed by atoms with Crippen LogP contribution in [0.2, 0.25) is 0 Å². The molecule has 2 aliphatic rings. The molecule has 2 aliphatic heterocycles. The lowest BCUT2D eigenvalue weighted by Gasteiger charge is -2.20. The Hall–Kier alpha value is -0.740. The van der Waals surface area contributed by atoms with E-state index in [9.17, 15) is 0 Å². The van der Waals surface area contributed by atoms with E-state index in [2.05, 4.69) is 27.7 Å². The topological polar surface area (TPSA) is 40.7 Å². The molecule has 0 aromatic carbocycles. The van der Waals surface area contributed by atoms with Gasteiger partial charge in [-0.1, -0.05) is 6.08 Å². The highest BCUT2D eigenvalue weighted by atomic mass is 32.2. The first-order chi connectivity index (χ1) is 7.93. The maximum atomic E-state index is 4.44. The Morgan fingerprint density at radius 3 is 2.94 bits per heavy atom. The van der Waals surface area contributed by atoms with Gasteiger partial charge in [0.15, 0.2) is 0 Å². The minimum atomic E-state index is 0.675. The summed E-state index contributed by atoms with van der Waals surface area (Å²) >= 11 is 1.92. The summed E-state index contributed by atoms with van der Waals surface area (Å²) in [5.41, 5.74) is 2.47. The molecule has 3 nitrogen and oxygen atoms in total. The van der Waals surface area contributed by atoms with Crippen LogP contribution in [0, 0.1) is 0 Å². The molecule has 0 spiro atoms. The normalized spacial score (nSPS) is 22.4. The predicted molar refractivity (Wildman–Crippen MR) is 68.5 cm³/mol. The molecule has 4 heteroatoms. The molecule has 0 atom stereocenters. The Kier molecular flexibility index (Phi) is 3.02. The van der Waals surface area contributed by atoms with Crippen molar-refractivity contribution in [2.75, 3.05) is 18.8 Å². The standard InChI is InChI=1S/C12H17N3S/c1-2-12(16-7-1)11-8-10(14-15-11)9-3-5-13-6-4-9/h2,8-9,13H,1,3-7H2,(H,14,15). The summed E-state index contributed by atoms with van der Waals surface area (Å²) in [7, 11) is 0. The summed E-state index contributed by atoms with van der Waals surface area (Å²) in [6.45, 7) is 2.27. The van der Waals surface area contributed by atoms with Gasteiger partial charge in [-0.2, -0.15) is 5.10 Å². The Labute approximate surface area is 100 Å². The van der Waals surface area contributed by atoms with E-state index in [1.54, 1.807) is 0 Å². The number of hydrogen-bond acceptors (Lipinski definition) is 3. The average molecular weight is 235 g/mol. The molecule has 1 aromatic heterocycles. The van der Waals surface area contributed by atoms with Gasteiger partial charge in [-0.3, -0.25) is 5.10 Å². The minimum Gasteiger partial charge on any atom is -0.317 e. The second kappa shape index (κ2) is 4.63. The van der Waals surface area contributed by atoms with Gasteiger partial charge >= 0.3 is 0 Å². The zero-order valence-electron chi connectivity index (χ0n) is 9.33. The van der Waals surface area contributed by atoms with Crippen molar-refractivity contribution in [2.45, 2.75) is 25.2 Å². The number of nitrogens with zero attached hydrogens (tertiary/aromatic N) is 1. The van der Waals surface area contributed by atoms with E-state index in [1.807, 2.05) is 11.8 Å². The van der Waals surface area contributed by atoms with E-state index in [4.69, 9.17) is 0 Å². The van der Waals surface area contributed by atoms with Crippen LogP contribution in [0.5, 0.6) is 0 Å². The number of thioether (sulfide) groups is 1. The molecule has 0 aliphatic carbocycles. The third kappa shape index (κ3) is 2.04. The lowest BCUT2D eigenvalue weighted by atomic mass is 9.94.